The van der Waals surface area contributed by atoms with Crippen molar-refractivity contribution in [1.29, 1.82) is 0 Å². The van der Waals surface area contributed by atoms with Gasteiger partial charge in [0.1, 0.15) is 11.5 Å². The molecule has 2 aromatic rings. The molecule has 2 nitrogen and oxygen atoms in total. The maximum atomic E-state index is 5.83. The molecule has 2 N–H and O–H groups in total. The van der Waals surface area contributed by atoms with Crippen LogP contribution in [0.25, 0.3) is 0 Å². The number of hydrogen-bond donors (Lipinski definition) is 1. The van der Waals surface area contributed by atoms with E-state index in [4.69, 9.17) is 10.5 Å². The normalized spacial score (nSPS) is 12.2. The molecule has 2 rings (SSSR count). The van der Waals surface area contributed by atoms with E-state index in [1.54, 1.807) is 0 Å². The van der Waals surface area contributed by atoms with Crippen LogP contribution in [0.2, 0.25) is 0 Å². The van der Waals surface area contributed by atoms with Crippen LogP contribution in [0.15, 0.2) is 42.5 Å². The van der Waals surface area contributed by atoms with Crippen molar-refractivity contribution >= 4 is 0 Å². The Bertz CT molecular complexity index is 509. The van der Waals surface area contributed by atoms with Gasteiger partial charge in [0.2, 0.25) is 0 Å². The second-order valence-corrected chi connectivity index (χ2v) is 4.78. The van der Waals surface area contributed by atoms with E-state index in [2.05, 4.69) is 19.9 Å². The van der Waals surface area contributed by atoms with Gasteiger partial charge in [0, 0.05) is 6.04 Å². The molecule has 0 amide bonds. The van der Waals surface area contributed by atoms with Gasteiger partial charge in [-0.15, -0.1) is 0 Å². The van der Waals surface area contributed by atoms with Crippen LogP contribution in [-0.2, 0) is 0 Å². The Morgan fingerprint density at radius 3 is 1.94 bits per heavy atom. The molecule has 0 aromatic heterocycles. The number of aryl methyl sites for hydroxylation is 2. The summed E-state index contributed by atoms with van der Waals surface area (Å²) in [6.45, 7) is 6.11. The molecule has 1 unspecified atom stereocenters. The van der Waals surface area contributed by atoms with Crippen molar-refractivity contribution in [1.82, 2.24) is 0 Å². The van der Waals surface area contributed by atoms with Crippen LogP contribution in [-0.4, -0.2) is 0 Å². The first-order valence-electron chi connectivity index (χ1n) is 6.16. The fourth-order valence-corrected chi connectivity index (χ4v) is 1.97. The maximum Gasteiger partial charge on any atom is 0.127 e. The lowest BCUT2D eigenvalue weighted by Gasteiger charge is -2.10. The smallest absolute Gasteiger partial charge is 0.127 e. The number of nitrogens with two attached hydrogens (primary N) is 1. The van der Waals surface area contributed by atoms with Gasteiger partial charge in [0.15, 0.2) is 0 Å². The van der Waals surface area contributed by atoms with Crippen LogP contribution < -0.4 is 10.5 Å². The van der Waals surface area contributed by atoms with E-state index in [9.17, 15) is 0 Å². The highest BCUT2D eigenvalue weighted by molar-refractivity contribution is 5.38. The minimum Gasteiger partial charge on any atom is -0.457 e. The highest BCUT2D eigenvalue weighted by atomic mass is 16.5. The summed E-state index contributed by atoms with van der Waals surface area (Å²) in [6, 6.07) is 14.2. The van der Waals surface area contributed by atoms with Gasteiger partial charge in [-0.05, 0) is 61.7 Å². The molecule has 0 aliphatic carbocycles. The van der Waals surface area contributed by atoms with Crippen LogP contribution in [0.4, 0.5) is 0 Å². The zero-order chi connectivity index (χ0) is 13.1. The molecule has 0 spiro atoms. The van der Waals surface area contributed by atoms with Gasteiger partial charge < -0.3 is 10.5 Å². The number of hydrogen-bond acceptors (Lipinski definition) is 2. The third-order valence-electron chi connectivity index (χ3n) is 2.84. The highest BCUT2D eigenvalue weighted by Gasteiger charge is 2.02. The van der Waals surface area contributed by atoms with Gasteiger partial charge >= 0.3 is 0 Å². The molecule has 0 heterocycles. The first-order chi connectivity index (χ1) is 8.54. The van der Waals surface area contributed by atoms with Crippen molar-refractivity contribution in [2.75, 3.05) is 0 Å². The van der Waals surface area contributed by atoms with Crippen LogP contribution in [0.1, 0.15) is 29.7 Å². The predicted octanol–water partition coefficient (Wildman–Crippen LogP) is 4.12. The highest BCUT2D eigenvalue weighted by Crippen LogP contribution is 2.24. The topological polar surface area (TPSA) is 35.2 Å². The van der Waals surface area contributed by atoms with Crippen LogP contribution >= 0.6 is 0 Å². The van der Waals surface area contributed by atoms with E-state index in [0.29, 0.717) is 0 Å². The van der Waals surface area contributed by atoms with E-state index in [0.717, 1.165) is 17.1 Å². The minimum atomic E-state index is 0.0558. The standard InChI is InChI=1S/C16H19NO/c1-11-8-12(2)10-16(9-11)18-15-6-4-14(5-7-15)13(3)17/h4-10,13H,17H2,1-3H3. The Morgan fingerprint density at radius 2 is 1.44 bits per heavy atom. The average Bonchev–Trinajstić information content (AvgIpc) is 2.28. The fraction of sp³-hybridized carbons (Fsp3) is 0.250. The molecule has 2 aromatic carbocycles. The lowest BCUT2D eigenvalue weighted by molar-refractivity contribution is 0.481. The van der Waals surface area contributed by atoms with Crippen molar-refractivity contribution in [2.24, 2.45) is 5.73 Å². The first-order valence-corrected chi connectivity index (χ1v) is 6.16. The molecule has 0 saturated carbocycles. The molecule has 0 aliphatic heterocycles. The van der Waals surface area contributed by atoms with Crippen LogP contribution in [0.3, 0.4) is 0 Å². The Hall–Kier alpha value is -1.80. The van der Waals surface area contributed by atoms with Crippen molar-refractivity contribution in [3.8, 4) is 11.5 Å². The second kappa shape index (κ2) is 5.23. The van der Waals surface area contributed by atoms with Gasteiger partial charge in [-0.25, -0.2) is 0 Å². The fourth-order valence-electron chi connectivity index (χ4n) is 1.97. The molecule has 0 fully saturated rings. The summed E-state index contributed by atoms with van der Waals surface area (Å²) in [5.74, 6) is 1.71. The summed E-state index contributed by atoms with van der Waals surface area (Å²) in [5, 5.41) is 0. The third-order valence-corrected chi connectivity index (χ3v) is 2.84. The summed E-state index contributed by atoms with van der Waals surface area (Å²) in [6.07, 6.45) is 0. The third kappa shape index (κ3) is 3.11. The molecule has 2 heteroatoms. The summed E-state index contributed by atoms with van der Waals surface area (Å²) in [4.78, 5) is 0. The lowest BCUT2D eigenvalue weighted by atomic mass is 10.1. The molecule has 0 aliphatic rings. The molecule has 0 radical (unpaired) electrons. The number of rotatable bonds is 3. The van der Waals surface area contributed by atoms with E-state index in [-0.39, 0.29) is 6.04 Å². The molecular weight excluding hydrogens is 222 g/mol. The predicted molar refractivity (Wildman–Crippen MR) is 75.0 cm³/mol. The van der Waals surface area contributed by atoms with Crippen molar-refractivity contribution in [3.63, 3.8) is 0 Å². The first kappa shape index (κ1) is 12.7. The monoisotopic (exact) mass is 241 g/mol. The van der Waals surface area contributed by atoms with E-state index in [1.807, 2.05) is 43.3 Å². The summed E-state index contributed by atoms with van der Waals surface area (Å²) < 4.78 is 5.83. The van der Waals surface area contributed by atoms with Crippen molar-refractivity contribution in [3.05, 3.63) is 59.2 Å². The molecule has 0 saturated heterocycles. The van der Waals surface area contributed by atoms with Gasteiger partial charge in [-0.1, -0.05) is 18.2 Å². The largest absolute Gasteiger partial charge is 0.457 e. The molecule has 0 bridgehead atoms. The van der Waals surface area contributed by atoms with Crippen LogP contribution in [0.5, 0.6) is 11.5 Å². The van der Waals surface area contributed by atoms with Crippen LogP contribution in [0, 0.1) is 13.8 Å². The average molecular weight is 241 g/mol. The SMILES string of the molecule is Cc1cc(C)cc(Oc2ccc(C(C)N)cc2)c1. The Labute approximate surface area is 108 Å². The zero-order valence-electron chi connectivity index (χ0n) is 11.1. The molecular formula is C16H19NO. The van der Waals surface area contributed by atoms with Gasteiger partial charge in [-0.3, -0.25) is 0 Å². The molecule has 18 heavy (non-hydrogen) atoms. The Balaban J connectivity index is 2.18. The van der Waals surface area contributed by atoms with Crippen molar-refractivity contribution < 1.29 is 4.74 Å². The minimum absolute atomic E-state index is 0.0558. The van der Waals surface area contributed by atoms with Gasteiger partial charge in [0.05, 0.1) is 0 Å². The Morgan fingerprint density at radius 1 is 0.889 bits per heavy atom. The van der Waals surface area contributed by atoms with E-state index < -0.39 is 0 Å². The molecule has 94 valence electrons. The van der Waals surface area contributed by atoms with E-state index >= 15 is 0 Å². The van der Waals surface area contributed by atoms with Crippen molar-refractivity contribution in [2.45, 2.75) is 26.8 Å². The zero-order valence-corrected chi connectivity index (χ0v) is 11.1. The maximum absolute atomic E-state index is 5.83. The summed E-state index contributed by atoms with van der Waals surface area (Å²) in [5.41, 5.74) is 9.34. The van der Waals surface area contributed by atoms with E-state index in [1.165, 1.54) is 11.1 Å². The molecule has 1 atom stereocenters. The Kier molecular flexibility index (Phi) is 3.68. The quantitative estimate of drug-likeness (QED) is 0.877. The van der Waals surface area contributed by atoms with Gasteiger partial charge in [0.25, 0.3) is 0 Å². The number of benzene rings is 2. The number of ether oxygens (including phenoxy) is 1. The lowest BCUT2D eigenvalue weighted by Crippen LogP contribution is -2.04. The second-order valence-electron chi connectivity index (χ2n) is 4.78. The summed E-state index contributed by atoms with van der Waals surface area (Å²) in [7, 11) is 0. The van der Waals surface area contributed by atoms with Gasteiger partial charge in [-0.2, -0.15) is 0 Å². The summed E-state index contributed by atoms with van der Waals surface area (Å²) >= 11 is 0.